The van der Waals surface area contributed by atoms with Crippen LogP contribution in [0.3, 0.4) is 0 Å². The number of rotatable bonds is 6. The normalized spacial score (nSPS) is 11.8. The quantitative estimate of drug-likeness (QED) is 0.736. The van der Waals surface area contributed by atoms with Crippen LogP contribution in [-0.4, -0.2) is 19.0 Å². The van der Waals surface area contributed by atoms with Gasteiger partial charge in [-0.3, -0.25) is 4.79 Å². The zero-order valence-corrected chi connectivity index (χ0v) is 10.0. The van der Waals surface area contributed by atoms with Gasteiger partial charge in [-0.15, -0.1) is 0 Å². The molecule has 0 saturated heterocycles. The smallest absolute Gasteiger partial charge is 0.234 e. The number of nitrogens with one attached hydrogen (secondary N) is 2. The third-order valence-electron chi connectivity index (χ3n) is 2.17. The summed E-state index contributed by atoms with van der Waals surface area (Å²) in [7, 11) is 0. The SMILES string of the molecule is CC(NCC(=O)NCCC#N)c1ccsc1. The molecule has 1 atom stereocenters. The largest absolute Gasteiger partial charge is 0.354 e. The summed E-state index contributed by atoms with van der Waals surface area (Å²) in [6, 6.07) is 4.19. The van der Waals surface area contributed by atoms with Gasteiger partial charge in [0.05, 0.1) is 19.0 Å². The number of carbonyl (C=O) groups is 1. The summed E-state index contributed by atoms with van der Waals surface area (Å²) in [4.78, 5) is 11.3. The van der Waals surface area contributed by atoms with Crippen molar-refractivity contribution in [3.05, 3.63) is 22.4 Å². The van der Waals surface area contributed by atoms with E-state index in [1.54, 1.807) is 11.3 Å². The van der Waals surface area contributed by atoms with E-state index in [0.717, 1.165) is 0 Å². The van der Waals surface area contributed by atoms with Gasteiger partial charge in [-0.1, -0.05) is 0 Å². The molecular formula is C11H15N3OS. The number of hydrogen-bond donors (Lipinski definition) is 2. The molecule has 5 heteroatoms. The summed E-state index contributed by atoms with van der Waals surface area (Å²) in [6.07, 6.45) is 0.353. The van der Waals surface area contributed by atoms with Crippen LogP contribution < -0.4 is 10.6 Å². The van der Waals surface area contributed by atoms with Crippen LogP contribution in [0.25, 0.3) is 0 Å². The number of nitriles is 1. The van der Waals surface area contributed by atoms with Gasteiger partial charge < -0.3 is 10.6 Å². The third-order valence-corrected chi connectivity index (χ3v) is 2.87. The molecule has 0 aliphatic rings. The maximum Gasteiger partial charge on any atom is 0.234 e. The average Bonchev–Trinajstić information content (AvgIpc) is 2.79. The van der Waals surface area contributed by atoms with Crippen molar-refractivity contribution in [2.75, 3.05) is 13.1 Å². The molecule has 0 fully saturated rings. The maximum atomic E-state index is 11.3. The molecule has 1 heterocycles. The molecule has 4 nitrogen and oxygen atoms in total. The summed E-state index contributed by atoms with van der Waals surface area (Å²) < 4.78 is 0. The Labute approximate surface area is 99.3 Å². The number of hydrogen-bond acceptors (Lipinski definition) is 4. The topological polar surface area (TPSA) is 64.9 Å². The highest BCUT2D eigenvalue weighted by atomic mass is 32.1. The fourth-order valence-electron chi connectivity index (χ4n) is 1.21. The minimum Gasteiger partial charge on any atom is -0.354 e. The zero-order valence-electron chi connectivity index (χ0n) is 9.19. The second-order valence-corrected chi connectivity index (χ2v) is 4.20. The Morgan fingerprint density at radius 3 is 3.12 bits per heavy atom. The van der Waals surface area contributed by atoms with E-state index in [1.165, 1.54) is 5.56 Å². The predicted octanol–water partition coefficient (Wildman–Crippen LogP) is 1.43. The maximum absolute atomic E-state index is 11.3. The van der Waals surface area contributed by atoms with Crippen LogP contribution in [0.5, 0.6) is 0 Å². The molecule has 0 spiro atoms. The van der Waals surface area contributed by atoms with E-state index in [9.17, 15) is 4.79 Å². The van der Waals surface area contributed by atoms with Gasteiger partial charge in [-0.05, 0) is 29.3 Å². The first-order chi connectivity index (χ1) is 7.74. The molecule has 0 bridgehead atoms. The Balaban J connectivity index is 2.19. The lowest BCUT2D eigenvalue weighted by atomic mass is 10.2. The van der Waals surface area contributed by atoms with Crippen LogP contribution in [0.2, 0.25) is 0 Å². The highest BCUT2D eigenvalue weighted by Crippen LogP contribution is 2.14. The molecule has 2 N–H and O–H groups in total. The molecule has 1 unspecified atom stereocenters. The van der Waals surface area contributed by atoms with Crippen molar-refractivity contribution < 1.29 is 4.79 Å². The Morgan fingerprint density at radius 2 is 2.50 bits per heavy atom. The van der Waals surface area contributed by atoms with Crippen molar-refractivity contribution in [3.8, 4) is 6.07 Å². The molecule has 1 rings (SSSR count). The van der Waals surface area contributed by atoms with Crippen LogP contribution in [0.4, 0.5) is 0 Å². The Bertz CT molecular complexity index is 356. The van der Waals surface area contributed by atoms with E-state index in [-0.39, 0.29) is 18.5 Å². The van der Waals surface area contributed by atoms with Gasteiger partial charge >= 0.3 is 0 Å². The van der Waals surface area contributed by atoms with Crippen molar-refractivity contribution >= 4 is 17.2 Å². The van der Waals surface area contributed by atoms with Gasteiger partial charge in [-0.25, -0.2) is 0 Å². The molecule has 86 valence electrons. The lowest BCUT2D eigenvalue weighted by molar-refractivity contribution is -0.120. The Morgan fingerprint density at radius 1 is 1.69 bits per heavy atom. The fraction of sp³-hybridized carbons (Fsp3) is 0.455. The number of carbonyl (C=O) groups excluding carboxylic acids is 1. The molecule has 1 aromatic heterocycles. The molecule has 1 amide bonds. The van der Waals surface area contributed by atoms with Gasteiger partial charge in [0.2, 0.25) is 5.91 Å². The lowest BCUT2D eigenvalue weighted by Crippen LogP contribution is -2.35. The minimum atomic E-state index is -0.0719. The standard InChI is InChI=1S/C11H15N3OS/c1-9(10-3-6-16-8-10)14-7-11(15)13-5-2-4-12/h3,6,8-9,14H,2,5,7H2,1H3,(H,13,15). The number of thiophene rings is 1. The summed E-state index contributed by atoms with van der Waals surface area (Å²) >= 11 is 1.64. The van der Waals surface area contributed by atoms with Crippen molar-refractivity contribution in [1.82, 2.24) is 10.6 Å². The first kappa shape index (κ1) is 12.7. The van der Waals surface area contributed by atoms with Crippen molar-refractivity contribution in [3.63, 3.8) is 0 Å². The summed E-state index contributed by atoms with van der Waals surface area (Å²) in [5.41, 5.74) is 1.19. The van der Waals surface area contributed by atoms with Crippen molar-refractivity contribution in [2.45, 2.75) is 19.4 Å². The fourth-order valence-corrected chi connectivity index (χ4v) is 1.96. The van der Waals surface area contributed by atoms with E-state index >= 15 is 0 Å². The van der Waals surface area contributed by atoms with E-state index in [0.29, 0.717) is 13.0 Å². The van der Waals surface area contributed by atoms with E-state index in [2.05, 4.69) is 16.0 Å². The number of nitrogens with zero attached hydrogens (tertiary/aromatic N) is 1. The molecule has 0 aliphatic heterocycles. The molecule has 0 radical (unpaired) electrons. The number of amides is 1. The van der Waals surface area contributed by atoms with Gasteiger partial charge in [-0.2, -0.15) is 16.6 Å². The van der Waals surface area contributed by atoms with Crippen LogP contribution in [-0.2, 0) is 4.79 Å². The Hall–Kier alpha value is -1.38. The zero-order chi connectivity index (χ0) is 11.8. The van der Waals surface area contributed by atoms with E-state index < -0.39 is 0 Å². The van der Waals surface area contributed by atoms with Gasteiger partial charge in [0.15, 0.2) is 0 Å². The first-order valence-corrected chi connectivity index (χ1v) is 6.07. The third kappa shape index (κ3) is 4.43. The van der Waals surface area contributed by atoms with Crippen LogP contribution >= 0.6 is 11.3 Å². The molecule has 1 aromatic rings. The second kappa shape index (κ2) is 6.99. The van der Waals surface area contributed by atoms with Gasteiger partial charge in [0.1, 0.15) is 0 Å². The van der Waals surface area contributed by atoms with Crippen LogP contribution in [0, 0.1) is 11.3 Å². The molecule has 0 saturated carbocycles. The van der Waals surface area contributed by atoms with Crippen LogP contribution in [0.1, 0.15) is 24.9 Å². The summed E-state index contributed by atoms with van der Waals surface area (Å²) in [5.74, 6) is -0.0719. The first-order valence-electron chi connectivity index (χ1n) is 5.13. The second-order valence-electron chi connectivity index (χ2n) is 3.42. The predicted molar refractivity (Wildman–Crippen MR) is 64.0 cm³/mol. The highest BCUT2D eigenvalue weighted by molar-refractivity contribution is 7.07. The van der Waals surface area contributed by atoms with Crippen LogP contribution in [0.15, 0.2) is 16.8 Å². The minimum absolute atomic E-state index is 0.0719. The average molecular weight is 237 g/mol. The van der Waals surface area contributed by atoms with Gasteiger partial charge in [0.25, 0.3) is 0 Å². The summed E-state index contributed by atoms with van der Waals surface area (Å²) in [5, 5.41) is 18.2. The van der Waals surface area contributed by atoms with Crippen molar-refractivity contribution in [2.24, 2.45) is 0 Å². The summed E-state index contributed by atoms with van der Waals surface area (Å²) in [6.45, 7) is 2.72. The van der Waals surface area contributed by atoms with E-state index in [4.69, 9.17) is 5.26 Å². The molecule has 16 heavy (non-hydrogen) atoms. The van der Waals surface area contributed by atoms with Gasteiger partial charge in [0, 0.05) is 12.6 Å². The van der Waals surface area contributed by atoms with Crippen molar-refractivity contribution in [1.29, 1.82) is 5.26 Å². The van der Waals surface area contributed by atoms with E-state index in [1.807, 2.05) is 24.4 Å². The molecule has 0 aliphatic carbocycles. The highest BCUT2D eigenvalue weighted by Gasteiger charge is 2.07. The molecular weight excluding hydrogens is 222 g/mol. The molecule has 0 aromatic carbocycles. The Kier molecular flexibility index (Phi) is 5.54. The monoisotopic (exact) mass is 237 g/mol. The lowest BCUT2D eigenvalue weighted by Gasteiger charge is -2.11.